The number of nitrogens with one attached hydrogen (secondary N) is 1. The standard InChI is InChI=1S/C13H17N5O5Se/c1-2-3-24-13-15-6-9(16-12(14)17-10(6)22)18(13)11-8(21)7(20)5(4-19)23-11/h2,5,7-8,11,19-21H,1,3-4H2,(H3,14,16,17,22)/t5-,7-,8-,11-/m1/s1. The van der Waals surface area contributed by atoms with Crippen LogP contribution in [-0.4, -0.2) is 74.7 Å². The summed E-state index contributed by atoms with van der Waals surface area (Å²) in [5.74, 6) is -0.0943. The Balaban J connectivity index is 2.17. The zero-order valence-corrected chi connectivity index (χ0v) is 14.2. The van der Waals surface area contributed by atoms with Gasteiger partial charge in [0.15, 0.2) is 0 Å². The van der Waals surface area contributed by atoms with Crippen molar-refractivity contribution in [2.45, 2.75) is 29.9 Å². The molecule has 1 fully saturated rings. The van der Waals surface area contributed by atoms with Gasteiger partial charge in [-0.25, -0.2) is 0 Å². The molecule has 0 unspecified atom stereocenters. The van der Waals surface area contributed by atoms with E-state index in [9.17, 15) is 20.1 Å². The number of nitrogen functional groups attached to an aromatic ring is 1. The fraction of sp³-hybridized carbons (Fsp3) is 0.462. The number of hydrogen-bond acceptors (Lipinski definition) is 8. The average molecular weight is 402 g/mol. The van der Waals surface area contributed by atoms with Crippen LogP contribution < -0.4 is 16.0 Å². The number of allylic oxidation sites excluding steroid dienone is 1. The maximum absolute atomic E-state index is 12.1. The minimum atomic E-state index is -1.31. The van der Waals surface area contributed by atoms with Crippen LogP contribution in [-0.2, 0) is 4.74 Å². The van der Waals surface area contributed by atoms with Gasteiger partial charge in [0.1, 0.15) is 0 Å². The molecule has 1 aliphatic heterocycles. The predicted octanol–water partition coefficient (Wildman–Crippen LogP) is -2.75. The summed E-state index contributed by atoms with van der Waals surface area (Å²) in [7, 11) is 0. The van der Waals surface area contributed by atoms with Crippen LogP contribution in [0.1, 0.15) is 6.23 Å². The van der Waals surface area contributed by atoms with Crippen molar-refractivity contribution in [1.82, 2.24) is 19.5 Å². The van der Waals surface area contributed by atoms with E-state index in [0.29, 0.717) is 10.0 Å². The van der Waals surface area contributed by atoms with Gasteiger partial charge in [0.2, 0.25) is 0 Å². The fourth-order valence-corrected chi connectivity index (χ4v) is 4.12. The van der Waals surface area contributed by atoms with Gasteiger partial charge in [-0.2, -0.15) is 0 Å². The van der Waals surface area contributed by atoms with Gasteiger partial charge < -0.3 is 0 Å². The van der Waals surface area contributed by atoms with Crippen LogP contribution in [0.2, 0.25) is 5.32 Å². The third-order valence-corrected chi connectivity index (χ3v) is 5.63. The van der Waals surface area contributed by atoms with E-state index in [-0.39, 0.29) is 32.1 Å². The van der Waals surface area contributed by atoms with E-state index >= 15 is 0 Å². The number of hydrogen-bond donors (Lipinski definition) is 5. The topological polar surface area (TPSA) is 160 Å². The molecule has 11 heteroatoms. The molecule has 4 atom stereocenters. The molecule has 1 saturated heterocycles. The molecule has 130 valence electrons. The molecular weight excluding hydrogens is 385 g/mol. The number of anilines is 1. The molecule has 0 amide bonds. The molecule has 0 aliphatic carbocycles. The monoisotopic (exact) mass is 403 g/mol. The Morgan fingerprint density at radius 1 is 1.42 bits per heavy atom. The van der Waals surface area contributed by atoms with Crippen LogP contribution in [0.15, 0.2) is 17.4 Å². The number of imidazole rings is 1. The van der Waals surface area contributed by atoms with Crippen molar-refractivity contribution in [1.29, 1.82) is 0 Å². The number of aromatic nitrogens is 4. The first kappa shape index (κ1) is 17.1. The summed E-state index contributed by atoms with van der Waals surface area (Å²) in [6.45, 7) is 3.21. The van der Waals surface area contributed by atoms with E-state index in [1.165, 1.54) is 4.57 Å². The Morgan fingerprint density at radius 3 is 2.79 bits per heavy atom. The van der Waals surface area contributed by atoms with Crippen LogP contribution in [0.3, 0.4) is 0 Å². The molecular formula is C13H17N5O5Se. The van der Waals surface area contributed by atoms with E-state index < -0.39 is 36.7 Å². The number of H-pyrrole nitrogens is 1. The quantitative estimate of drug-likeness (QED) is 0.266. The van der Waals surface area contributed by atoms with Gasteiger partial charge in [0.25, 0.3) is 0 Å². The van der Waals surface area contributed by atoms with Gasteiger partial charge in [-0.3, -0.25) is 0 Å². The van der Waals surface area contributed by atoms with Crippen molar-refractivity contribution in [3.8, 4) is 0 Å². The van der Waals surface area contributed by atoms with Crippen molar-refractivity contribution >= 4 is 36.8 Å². The predicted molar refractivity (Wildman–Crippen MR) is 86.0 cm³/mol. The number of fused-ring (bicyclic) bond motifs is 1. The maximum atomic E-state index is 12.1. The summed E-state index contributed by atoms with van der Waals surface area (Å²) >= 11 is -0.199. The summed E-state index contributed by atoms with van der Waals surface area (Å²) in [5.41, 5.74) is 5.34. The molecule has 1 aliphatic rings. The second-order valence-electron chi connectivity index (χ2n) is 5.22. The SMILES string of the molecule is C=CC[Se]c1nc2c(=O)[nH]c(N)nc2n1[C@@H]1O[C@H](CO)[C@@H](O)[C@H]1O. The van der Waals surface area contributed by atoms with E-state index in [1.807, 2.05) is 0 Å². The molecule has 3 rings (SSSR count). The third kappa shape index (κ3) is 2.75. The summed E-state index contributed by atoms with van der Waals surface area (Å²) < 4.78 is 7.51. The first-order valence-electron chi connectivity index (χ1n) is 7.11. The number of ether oxygens (including phenoxy) is 1. The van der Waals surface area contributed by atoms with Crippen LogP contribution in [0.4, 0.5) is 5.95 Å². The van der Waals surface area contributed by atoms with Gasteiger partial charge >= 0.3 is 142 Å². The van der Waals surface area contributed by atoms with Gasteiger partial charge in [0.05, 0.1) is 0 Å². The molecule has 2 aromatic heterocycles. The third-order valence-electron chi connectivity index (χ3n) is 3.64. The minimum absolute atomic E-state index is 0.0721. The fourth-order valence-electron chi connectivity index (χ4n) is 2.54. The second kappa shape index (κ2) is 6.63. The van der Waals surface area contributed by atoms with Crippen molar-refractivity contribution in [2.24, 2.45) is 0 Å². The molecule has 24 heavy (non-hydrogen) atoms. The normalized spacial score (nSPS) is 27.0. The van der Waals surface area contributed by atoms with Crippen LogP contribution in [0.5, 0.6) is 0 Å². The van der Waals surface area contributed by atoms with Gasteiger partial charge in [-0.1, -0.05) is 0 Å². The van der Waals surface area contributed by atoms with Gasteiger partial charge in [-0.05, 0) is 0 Å². The summed E-state index contributed by atoms with van der Waals surface area (Å²) in [4.78, 5) is 22.8. The van der Waals surface area contributed by atoms with Crippen LogP contribution >= 0.6 is 0 Å². The Bertz CT molecular complexity index is 821. The summed E-state index contributed by atoms with van der Waals surface area (Å²) in [6, 6.07) is 0. The molecule has 0 bridgehead atoms. The number of aliphatic hydroxyl groups excluding tert-OH is 3. The Morgan fingerprint density at radius 2 is 2.17 bits per heavy atom. The number of nitrogens with zero attached hydrogens (tertiary/aromatic N) is 3. The first-order valence-corrected chi connectivity index (χ1v) is 9.18. The molecule has 3 heterocycles. The number of aliphatic hydroxyl groups is 3. The molecule has 0 saturated carbocycles. The Labute approximate surface area is 142 Å². The number of rotatable bonds is 5. The molecule has 10 nitrogen and oxygen atoms in total. The molecule has 0 aromatic carbocycles. The molecule has 2 aromatic rings. The molecule has 0 spiro atoms. The Hall–Kier alpha value is -1.75. The summed E-state index contributed by atoms with van der Waals surface area (Å²) in [5, 5.41) is 30.2. The van der Waals surface area contributed by atoms with Crippen molar-refractivity contribution in [2.75, 3.05) is 12.3 Å². The molecule has 6 N–H and O–H groups in total. The Kier molecular flexibility index (Phi) is 4.72. The number of nitrogens with two attached hydrogens (primary N) is 1. The van der Waals surface area contributed by atoms with E-state index in [0.717, 1.165) is 0 Å². The van der Waals surface area contributed by atoms with E-state index in [1.54, 1.807) is 6.08 Å². The zero-order valence-electron chi connectivity index (χ0n) is 12.5. The van der Waals surface area contributed by atoms with E-state index in [2.05, 4.69) is 21.5 Å². The first-order chi connectivity index (χ1) is 11.5. The van der Waals surface area contributed by atoms with E-state index in [4.69, 9.17) is 10.5 Å². The van der Waals surface area contributed by atoms with Crippen molar-refractivity contribution in [3.63, 3.8) is 0 Å². The van der Waals surface area contributed by atoms with Crippen molar-refractivity contribution in [3.05, 3.63) is 23.0 Å². The second-order valence-corrected chi connectivity index (χ2v) is 7.29. The molecule has 0 radical (unpaired) electrons. The average Bonchev–Trinajstić information content (AvgIpc) is 3.04. The van der Waals surface area contributed by atoms with Crippen LogP contribution in [0, 0.1) is 0 Å². The van der Waals surface area contributed by atoms with Crippen LogP contribution in [0.25, 0.3) is 11.2 Å². The number of aromatic amines is 1. The van der Waals surface area contributed by atoms with Crippen molar-refractivity contribution < 1.29 is 20.1 Å². The van der Waals surface area contributed by atoms with Gasteiger partial charge in [0, 0.05) is 0 Å². The zero-order chi connectivity index (χ0) is 17.4. The van der Waals surface area contributed by atoms with Gasteiger partial charge in [-0.15, -0.1) is 0 Å². The summed E-state index contributed by atoms with van der Waals surface area (Å²) in [6.07, 6.45) is -2.83.